The van der Waals surface area contributed by atoms with Crippen molar-refractivity contribution >= 4 is 17.8 Å². The molecule has 0 saturated carbocycles. The summed E-state index contributed by atoms with van der Waals surface area (Å²) in [6.07, 6.45) is -3.36. The quantitative estimate of drug-likeness (QED) is 0.716. The fraction of sp³-hybridized carbons (Fsp3) is 0.364. The average Bonchev–Trinajstić information content (AvgIpc) is 2.70. The van der Waals surface area contributed by atoms with Gasteiger partial charge in [0.1, 0.15) is 0 Å². The molecule has 0 aromatic heterocycles. The van der Waals surface area contributed by atoms with E-state index in [-0.39, 0.29) is 6.61 Å². The Morgan fingerprint density at radius 1 is 1.53 bits per heavy atom. The Bertz CT molecular complexity index is 531. The van der Waals surface area contributed by atoms with Crippen LogP contribution in [0, 0.1) is 5.92 Å². The van der Waals surface area contributed by atoms with Gasteiger partial charge in [-0.25, -0.2) is 4.79 Å². The van der Waals surface area contributed by atoms with Crippen molar-refractivity contribution in [2.45, 2.75) is 13.1 Å². The van der Waals surface area contributed by atoms with Crippen LogP contribution >= 0.6 is 0 Å². The van der Waals surface area contributed by atoms with Crippen LogP contribution in [-0.4, -0.2) is 30.6 Å². The molecule has 2 aliphatic rings. The third-order valence-electron chi connectivity index (χ3n) is 2.44. The normalized spacial score (nSPS) is 22.0. The number of halogens is 3. The van der Waals surface area contributed by atoms with Gasteiger partial charge in [0.15, 0.2) is 0 Å². The van der Waals surface area contributed by atoms with Crippen LogP contribution in [0.2, 0.25) is 0 Å². The standard InChI is InChI=1S/C11H8F3NO4/c1-2-18-10(17)7-3-5-6(11(12,13)14)4-8(16)15-9(5)19-7/h3-5H,2H2,1H3. The van der Waals surface area contributed by atoms with Crippen molar-refractivity contribution < 1.29 is 32.2 Å². The minimum absolute atomic E-state index is 0.0531. The predicted molar refractivity (Wildman–Crippen MR) is 55.9 cm³/mol. The van der Waals surface area contributed by atoms with Gasteiger partial charge in [-0.2, -0.15) is 18.2 Å². The monoisotopic (exact) mass is 275 g/mol. The highest BCUT2D eigenvalue weighted by Gasteiger charge is 2.46. The number of alkyl halides is 3. The van der Waals surface area contributed by atoms with Crippen LogP contribution in [0.1, 0.15) is 6.92 Å². The zero-order chi connectivity index (χ0) is 14.2. The summed E-state index contributed by atoms with van der Waals surface area (Å²) in [6.45, 7) is 1.60. The summed E-state index contributed by atoms with van der Waals surface area (Å²) in [5.41, 5.74) is -1.11. The largest absolute Gasteiger partial charge is 0.460 e. The van der Waals surface area contributed by atoms with Gasteiger partial charge in [0.05, 0.1) is 18.1 Å². The molecule has 1 atom stereocenters. The second kappa shape index (κ2) is 4.52. The fourth-order valence-electron chi connectivity index (χ4n) is 1.68. The molecule has 2 heterocycles. The molecule has 0 bridgehead atoms. The van der Waals surface area contributed by atoms with Gasteiger partial charge in [0.25, 0.3) is 5.91 Å². The highest BCUT2D eigenvalue weighted by atomic mass is 19.4. The molecule has 0 aliphatic carbocycles. The van der Waals surface area contributed by atoms with E-state index in [1.54, 1.807) is 6.92 Å². The van der Waals surface area contributed by atoms with Crippen molar-refractivity contribution in [1.82, 2.24) is 0 Å². The van der Waals surface area contributed by atoms with Crippen LogP contribution < -0.4 is 0 Å². The van der Waals surface area contributed by atoms with Crippen LogP contribution in [0.25, 0.3) is 0 Å². The van der Waals surface area contributed by atoms with E-state index in [2.05, 4.69) is 9.73 Å². The summed E-state index contributed by atoms with van der Waals surface area (Å²) >= 11 is 0. The lowest BCUT2D eigenvalue weighted by atomic mass is 9.96. The van der Waals surface area contributed by atoms with E-state index < -0.39 is 41.2 Å². The lowest BCUT2D eigenvalue weighted by Gasteiger charge is -2.18. The van der Waals surface area contributed by atoms with E-state index in [9.17, 15) is 22.8 Å². The number of nitrogens with zero attached hydrogens (tertiary/aromatic N) is 1. The predicted octanol–water partition coefficient (Wildman–Crippen LogP) is 1.51. The molecule has 8 heteroatoms. The maximum atomic E-state index is 12.8. The second-order valence-electron chi connectivity index (χ2n) is 3.72. The Labute approximate surface area is 105 Å². The van der Waals surface area contributed by atoms with Crippen molar-refractivity contribution in [3.05, 3.63) is 23.5 Å². The summed E-state index contributed by atoms with van der Waals surface area (Å²) in [4.78, 5) is 25.8. The van der Waals surface area contributed by atoms with E-state index in [0.717, 1.165) is 6.08 Å². The lowest BCUT2D eigenvalue weighted by molar-refractivity contribution is -0.141. The minimum Gasteiger partial charge on any atom is -0.460 e. The molecule has 0 spiro atoms. The maximum Gasteiger partial charge on any atom is 0.413 e. The first-order valence-corrected chi connectivity index (χ1v) is 5.31. The zero-order valence-electron chi connectivity index (χ0n) is 9.65. The smallest absolute Gasteiger partial charge is 0.413 e. The number of fused-ring (bicyclic) bond motifs is 1. The molecular formula is C11H8F3NO4. The van der Waals surface area contributed by atoms with Crippen LogP contribution in [-0.2, 0) is 19.1 Å². The van der Waals surface area contributed by atoms with Crippen molar-refractivity contribution in [3.63, 3.8) is 0 Å². The van der Waals surface area contributed by atoms with E-state index in [1.807, 2.05) is 0 Å². The summed E-state index contributed by atoms with van der Waals surface area (Å²) in [5, 5.41) is 0. The van der Waals surface area contributed by atoms with E-state index in [0.29, 0.717) is 6.08 Å². The van der Waals surface area contributed by atoms with Crippen LogP contribution in [0.5, 0.6) is 0 Å². The number of dihydropyridines is 1. The third-order valence-corrected chi connectivity index (χ3v) is 2.44. The van der Waals surface area contributed by atoms with Crippen molar-refractivity contribution in [3.8, 4) is 0 Å². The molecule has 19 heavy (non-hydrogen) atoms. The SMILES string of the molecule is CCOC(=O)C1=CC2C(C(F)(F)F)=CC(=O)N=C2O1. The Morgan fingerprint density at radius 2 is 2.21 bits per heavy atom. The van der Waals surface area contributed by atoms with Crippen LogP contribution in [0.3, 0.4) is 0 Å². The Kier molecular flexibility index (Phi) is 3.17. The highest BCUT2D eigenvalue weighted by Crippen LogP contribution is 2.38. The van der Waals surface area contributed by atoms with Crippen molar-refractivity contribution in [2.24, 2.45) is 10.9 Å². The zero-order valence-corrected chi connectivity index (χ0v) is 9.65. The minimum atomic E-state index is -4.70. The Morgan fingerprint density at radius 3 is 2.79 bits per heavy atom. The van der Waals surface area contributed by atoms with Gasteiger partial charge >= 0.3 is 12.1 Å². The molecular weight excluding hydrogens is 267 g/mol. The van der Waals surface area contributed by atoms with E-state index in [4.69, 9.17) is 4.74 Å². The molecule has 1 unspecified atom stereocenters. The summed E-state index contributed by atoms with van der Waals surface area (Å²) in [7, 11) is 0. The molecule has 0 radical (unpaired) electrons. The first-order chi connectivity index (χ1) is 8.82. The van der Waals surface area contributed by atoms with Gasteiger partial charge in [-0.3, -0.25) is 4.79 Å². The first kappa shape index (κ1) is 13.3. The van der Waals surface area contributed by atoms with Gasteiger partial charge in [0.2, 0.25) is 11.7 Å². The summed E-state index contributed by atoms with van der Waals surface area (Å²) in [5.74, 6) is -4.19. The fourth-order valence-corrected chi connectivity index (χ4v) is 1.68. The van der Waals surface area contributed by atoms with Gasteiger partial charge in [-0.1, -0.05) is 0 Å². The molecule has 2 rings (SSSR count). The number of amides is 1. The molecule has 0 aromatic carbocycles. The number of carbonyl (C=O) groups excluding carboxylic acids is 2. The van der Waals surface area contributed by atoms with Crippen LogP contribution in [0.15, 0.2) is 28.5 Å². The molecule has 0 aromatic rings. The molecule has 5 nitrogen and oxygen atoms in total. The van der Waals surface area contributed by atoms with Crippen molar-refractivity contribution in [1.29, 1.82) is 0 Å². The van der Waals surface area contributed by atoms with Crippen LogP contribution in [0.4, 0.5) is 13.2 Å². The lowest BCUT2D eigenvalue weighted by Crippen LogP contribution is -2.28. The van der Waals surface area contributed by atoms with Gasteiger partial charge in [0, 0.05) is 6.08 Å². The van der Waals surface area contributed by atoms with Gasteiger partial charge in [-0.05, 0) is 13.0 Å². The Balaban J connectivity index is 2.33. The third kappa shape index (κ3) is 2.51. The summed E-state index contributed by atoms with van der Waals surface area (Å²) in [6, 6.07) is 0. The van der Waals surface area contributed by atoms with E-state index in [1.165, 1.54) is 0 Å². The molecule has 0 fully saturated rings. The van der Waals surface area contributed by atoms with Crippen molar-refractivity contribution in [2.75, 3.05) is 6.61 Å². The summed E-state index contributed by atoms with van der Waals surface area (Å²) < 4.78 is 47.7. The number of carbonyl (C=O) groups is 2. The van der Waals surface area contributed by atoms with Gasteiger partial charge in [-0.15, -0.1) is 0 Å². The number of aliphatic imine (C=N–C) groups is 1. The number of ether oxygens (including phenoxy) is 2. The van der Waals surface area contributed by atoms with Gasteiger partial charge < -0.3 is 9.47 Å². The number of esters is 1. The molecule has 0 saturated heterocycles. The van der Waals surface area contributed by atoms with E-state index >= 15 is 0 Å². The molecule has 2 aliphatic heterocycles. The molecule has 1 amide bonds. The number of hydrogen-bond acceptors (Lipinski definition) is 4. The topological polar surface area (TPSA) is 65.0 Å². The second-order valence-corrected chi connectivity index (χ2v) is 3.72. The highest BCUT2D eigenvalue weighted by molar-refractivity contribution is 6.07. The molecule has 102 valence electrons. The molecule has 0 N–H and O–H groups in total. The first-order valence-electron chi connectivity index (χ1n) is 5.31. The number of rotatable bonds is 2. The Hall–Kier alpha value is -2.12. The average molecular weight is 275 g/mol. The maximum absolute atomic E-state index is 12.8. The number of hydrogen-bond donors (Lipinski definition) is 0.